The normalized spacial score (nSPS) is 11.1. The van der Waals surface area contributed by atoms with Crippen LogP contribution in [-0.2, 0) is 0 Å². The standard InChI is InChI=1S/C18H20FN5OS2/c1-4-11(5-2)16-22-23-17(27-16)21-15(25)14-10-20-18(26-3)24(14)13-8-6-12(19)7-9-13/h6-11H,4-5H2,1-3H3,(H,21,23,25). The second-order valence-corrected chi connectivity index (χ2v) is 7.64. The van der Waals surface area contributed by atoms with Crippen LogP contribution in [0.25, 0.3) is 5.69 Å². The molecule has 9 heteroatoms. The van der Waals surface area contributed by atoms with Crippen molar-refractivity contribution in [1.82, 2.24) is 19.7 Å². The molecule has 6 nitrogen and oxygen atoms in total. The number of hydrogen-bond donors (Lipinski definition) is 1. The van der Waals surface area contributed by atoms with Gasteiger partial charge in [-0.15, -0.1) is 10.2 Å². The Labute approximate surface area is 165 Å². The number of benzene rings is 1. The van der Waals surface area contributed by atoms with Crippen molar-refractivity contribution in [1.29, 1.82) is 0 Å². The average molecular weight is 406 g/mol. The SMILES string of the molecule is CCC(CC)c1nnc(NC(=O)c2cnc(SC)n2-c2ccc(F)cc2)s1. The van der Waals surface area contributed by atoms with Crippen molar-refractivity contribution in [3.63, 3.8) is 0 Å². The summed E-state index contributed by atoms with van der Waals surface area (Å²) in [7, 11) is 0. The van der Waals surface area contributed by atoms with Crippen LogP contribution >= 0.6 is 23.1 Å². The summed E-state index contributed by atoms with van der Waals surface area (Å²) in [5, 5.41) is 13.1. The Hall–Kier alpha value is -2.26. The second-order valence-electron chi connectivity index (χ2n) is 5.85. The number of hydrogen-bond acceptors (Lipinski definition) is 6. The van der Waals surface area contributed by atoms with Crippen LogP contribution in [0.5, 0.6) is 0 Å². The molecule has 0 saturated carbocycles. The summed E-state index contributed by atoms with van der Waals surface area (Å²) in [4.78, 5) is 17.1. The van der Waals surface area contributed by atoms with Crippen molar-refractivity contribution in [2.45, 2.75) is 37.8 Å². The van der Waals surface area contributed by atoms with E-state index < -0.39 is 0 Å². The van der Waals surface area contributed by atoms with E-state index >= 15 is 0 Å². The summed E-state index contributed by atoms with van der Waals surface area (Å²) in [6.45, 7) is 4.22. The number of thioether (sulfide) groups is 1. The Bertz CT molecular complexity index is 918. The minimum Gasteiger partial charge on any atom is -0.295 e. The highest BCUT2D eigenvalue weighted by Gasteiger charge is 2.20. The van der Waals surface area contributed by atoms with E-state index in [2.05, 4.69) is 34.3 Å². The Kier molecular flexibility index (Phi) is 6.22. The molecule has 3 rings (SSSR count). The molecule has 0 radical (unpaired) electrons. The van der Waals surface area contributed by atoms with E-state index in [-0.39, 0.29) is 11.7 Å². The van der Waals surface area contributed by atoms with Gasteiger partial charge in [0.25, 0.3) is 5.91 Å². The fourth-order valence-electron chi connectivity index (χ4n) is 2.73. The number of nitrogens with one attached hydrogen (secondary N) is 1. The van der Waals surface area contributed by atoms with Gasteiger partial charge in [0.05, 0.1) is 6.20 Å². The minimum atomic E-state index is -0.335. The van der Waals surface area contributed by atoms with Crippen molar-refractivity contribution in [2.75, 3.05) is 11.6 Å². The fourth-order valence-corrected chi connectivity index (χ4v) is 4.28. The van der Waals surface area contributed by atoms with Crippen LogP contribution in [0, 0.1) is 5.82 Å². The smallest absolute Gasteiger partial charge is 0.276 e. The van der Waals surface area contributed by atoms with Crippen LogP contribution in [0.4, 0.5) is 9.52 Å². The monoisotopic (exact) mass is 405 g/mol. The molecule has 2 heterocycles. The van der Waals surface area contributed by atoms with E-state index in [0.717, 1.165) is 17.8 Å². The minimum absolute atomic E-state index is 0.334. The first-order valence-electron chi connectivity index (χ1n) is 8.59. The lowest BCUT2D eigenvalue weighted by atomic mass is 10.1. The Morgan fingerprint density at radius 2 is 1.96 bits per heavy atom. The maximum absolute atomic E-state index is 13.3. The third-order valence-electron chi connectivity index (χ3n) is 4.23. The number of carbonyl (C=O) groups excluding carboxylic acids is 1. The second kappa shape index (κ2) is 8.62. The van der Waals surface area contributed by atoms with Crippen LogP contribution in [-0.4, -0.2) is 31.9 Å². The van der Waals surface area contributed by atoms with Crippen LogP contribution in [0.2, 0.25) is 0 Å². The lowest BCUT2D eigenvalue weighted by molar-refractivity contribution is 0.102. The molecule has 0 atom stereocenters. The number of aromatic nitrogens is 4. The molecule has 0 fully saturated rings. The lowest BCUT2D eigenvalue weighted by Crippen LogP contribution is -2.16. The number of imidazole rings is 1. The third kappa shape index (κ3) is 4.19. The van der Waals surface area contributed by atoms with Gasteiger partial charge in [-0.25, -0.2) is 9.37 Å². The molecule has 0 bridgehead atoms. The molecule has 2 aromatic heterocycles. The van der Waals surface area contributed by atoms with Gasteiger partial charge in [0.15, 0.2) is 5.16 Å². The molecule has 0 spiro atoms. The summed E-state index contributed by atoms with van der Waals surface area (Å²) in [6, 6.07) is 5.94. The van der Waals surface area contributed by atoms with Crippen LogP contribution < -0.4 is 5.32 Å². The van der Waals surface area contributed by atoms with Gasteiger partial charge in [0.1, 0.15) is 16.5 Å². The number of amides is 1. The highest BCUT2D eigenvalue weighted by Crippen LogP contribution is 2.29. The maximum atomic E-state index is 13.3. The van der Waals surface area contributed by atoms with Gasteiger partial charge < -0.3 is 0 Å². The van der Waals surface area contributed by atoms with E-state index in [0.29, 0.717) is 27.6 Å². The summed E-state index contributed by atoms with van der Waals surface area (Å²) < 4.78 is 15.0. The van der Waals surface area contributed by atoms with E-state index in [1.807, 2.05) is 6.26 Å². The van der Waals surface area contributed by atoms with Crippen molar-refractivity contribution in [2.24, 2.45) is 0 Å². The van der Waals surface area contributed by atoms with Crippen LogP contribution in [0.1, 0.15) is 48.1 Å². The zero-order chi connectivity index (χ0) is 19.4. The molecule has 0 aliphatic carbocycles. The third-order valence-corrected chi connectivity index (χ3v) is 5.88. The molecular weight excluding hydrogens is 385 g/mol. The first-order chi connectivity index (χ1) is 13.1. The molecule has 142 valence electrons. The van der Waals surface area contributed by atoms with E-state index in [1.165, 1.54) is 41.4 Å². The van der Waals surface area contributed by atoms with Gasteiger partial charge in [-0.1, -0.05) is 36.9 Å². The summed E-state index contributed by atoms with van der Waals surface area (Å²) in [6.07, 6.45) is 5.34. The predicted molar refractivity (Wildman–Crippen MR) is 106 cm³/mol. The first-order valence-corrected chi connectivity index (χ1v) is 10.6. The quantitative estimate of drug-likeness (QED) is 0.575. The van der Waals surface area contributed by atoms with Gasteiger partial charge in [0, 0.05) is 11.6 Å². The Morgan fingerprint density at radius 1 is 1.26 bits per heavy atom. The van der Waals surface area contributed by atoms with Gasteiger partial charge in [0.2, 0.25) is 5.13 Å². The lowest BCUT2D eigenvalue weighted by Gasteiger charge is -2.10. The predicted octanol–water partition coefficient (Wildman–Crippen LogP) is 4.74. The maximum Gasteiger partial charge on any atom is 0.276 e. The molecule has 1 aromatic carbocycles. The molecule has 1 N–H and O–H groups in total. The summed E-state index contributed by atoms with van der Waals surface area (Å²) >= 11 is 2.80. The number of rotatable bonds is 7. The van der Waals surface area contributed by atoms with Crippen molar-refractivity contribution < 1.29 is 9.18 Å². The largest absolute Gasteiger partial charge is 0.295 e. The van der Waals surface area contributed by atoms with E-state index in [9.17, 15) is 9.18 Å². The fraction of sp³-hybridized carbons (Fsp3) is 0.333. The summed E-state index contributed by atoms with van der Waals surface area (Å²) in [5.41, 5.74) is 1.02. The highest BCUT2D eigenvalue weighted by atomic mass is 32.2. The van der Waals surface area contributed by atoms with Crippen molar-refractivity contribution in [3.8, 4) is 5.69 Å². The molecule has 0 saturated heterocycles. The highest BCUT2D eigenvalue weighted by molar-refractivity contribution is 7.98. The van der Waals surface area contributed by atoms with Crippen molar-refractivity contribution in [3.05, 3.63) is 47.0 Å². The average Bonchev–Trinajstić information content (AvgIpc) is 3.30. The van der Waals surface area contributed by atoms with Crippen molar-refractivity contribution >= 4 is 34.1 Å². The molecule has 1 amide bonds. The van der Waals surface area contributed by atoms with Gasteiger partial charge in [-0.2, -0.15) is 0 Å². The number of carbonyl (C=O) groups is 1. The number of anilines is 1. The van der Waals surface area contributed by atoms with Gasteiger partial charge in [-0.3, -0.25) is 14.7 Å². The van der Waals surface area contributed by atoms with Gasteiger partial charge >= 0.3 is 0 Å². The molecule has 0 aliphatic rings. The summed E-state index contributed by atoms with van der Waals surface area (Å²) in [5.74, 6) is -0.321. The van der Waals surface area contributed by atoms with E-state index in [4.69, 9.17) is 0 Å². The zero-order valence-electron chi connectivity index (χ0n) is 15.3. The van der Waals surface area contributed by atoms with Crippen LogP contribution in [0.15, 0.2) is 35.6 Å². The topological polar surface area (TPSA) is 72.7 Å². The zero-order valence-corrected chi connectivity index (χ0v) is 16.9. The molecule has 0 aliphatic heterocycles. The Balaban J connectivity index is 1.87. The molecule has 3 aromatic rings. The van der Waals surface area contributed by atoms with Crippen LogP contribution in [0.3, 0.4) is 0 Å². The Morgan fingerprint density at radius 3 is 2.59 bits per heavy atom. The van der Waals surface area contributed by atoms with Gasteiger partial charge in [-0.05, 0) is 43.4 Å². The molecular formula is C18H20FN5OS2. The molecule has 0 unspecified atom stereocenters. The first kappa shape index (κ1) is 19.5. The molecule has 27 heavy (non-hydrogen) atoms. The number of halogens is 1. The van der Waals surface area contributed by atoms with E-state index in [1.54, 1.807) is 16.7 Å². The number of nitrogens with zero attached hydrogens (tertiary/aromatic N) is 4.